The van der Waals surface area contributed by atoms with Crippen LogP contribution >= 0.6 is 11.6 Å². The molecule has 0 bridgehead atoms. The van der Waals surface area contributed by atoms with Crippen LogP contribution in [0.15, 0.2) is 47.3 Å². The van der Waals surface area contributed by atoms with Gasteiger partial charge in [0.2, 0.25) is 0 Å². The average Bonchev–Trinajstić information content (AvgIpc) is 2.55. The van der Waals surface area contributed by atoms with Crippen LogP contribution in [0.2, 0.25) is 5.15 Å². The van der Waals surface area contributed by atoms with Crippen molar-refractivity contribution in [2.75, 3.05) is 5.32 Å². The molecule has 0 amide bonds. The first kappa shape index (κ1) is 15.2. The summed E-state index contributed by atoms with van der Waals surface area (Å²) in [5.74, 6) is 1.31. The lowest BCUT2D eigenvalue weighted by Crippen LogP contribution is -2.05. The van der Waals surface area contributed by atoms with E-state index in [1.54, 1.807) is 12.1 Å². The number of hydrogen-bond acceptors (Lipinski definition) is 5. The second-order valence-electron chi connectivity index (χ2n) is 4.86. The molecular formula is C16H14ClN5O. The van der Waals surface area contributed by atoms with E-state index in [4.69, 9.17) is 11.6 Å². The molecule has 116 valence electrons. The van der Waals surface area contributed by atoms with Gasteiger partial charge in [-0.15, -0.1) is 0 Å². The van der Waals surface area contributed by atoms with Crippen molar-refractivity contribution < 1.29 is 0 Å². The van der Waals surface area contributed by atoms with E-state index in [9.17, 15) is 4.79 Å². The molecule has 0 saturated heterocycles. The number of anilines is 2. The van der Waals surface area contributed by atoms with Gasteiger partial charge in [0.25, 0.3) is 5.56 Å². The van der Waals surface area contributed by atoms with Crippen molar-refractivity contribution in [1.29, 1.82) is 0 Å². The monoisotopic (exact) mass is 327 g/mol. The Morgan fingerprint density at radius 3 is 2.78 bits per heavy atom. The molecule has 3 rings (SSSR count). The van der Waals surface area contributed by atoms with Crippen molar-refractivity contribution in [1.82, 2.24) is 20.2 Å². The third kappa shape index (κ3) is 3.73. The van der Waals surface area contributed by atoms with E-state index in [1.807, 2.05) is 31.2 Å². The number of aryl methyl sites for hydroxylation is 1. The smallest absolute Gasteiger partial charge is 0.264 e. The van der Waals surface area contributed by atoms with Crippen molar-refractivity contribution in [2.45, 2.75) is 13.3 Å². The lowest BCUT2D eigenvalue weighted by molar-refractivity contribution is 0.943. The lowest BCUT2D eigenvalue weighted by Gasteiger charge is -2.09. The van der Waals surface area contributed by atoms with Gasteiger partial charge < -0.3 is 5.32 Å². The number of aromatic nitrogens is 4. The number of nitrogens with zero attached hydrogens (tertiary/aromatic N) is 3. The largest absolute Gasteiger partial charge is 0.340 e. The molecule has 0 unspecified atom stereocenters. The Hall–Kier alpha value is -2.73. The highest BCUT2D eigenvalue weighted by Crippen LogP contribution is 2.23. The summed E-state index contributed by atoms with van der Waals surface area (Å²) in [6, 6.07) is 12.4. The van der Waals surface area contributed by atoms with Crippen molar-refractivity contribution in [3.05, 3.63) is 63.8 Å². The first-order valence-corrected chi connectivity index (χ1v) is 7.48. The van der Waals surface area contributed by atoms with Crippen LogP contribution in [0.5, 0.6) is 0 Å². The molecule has 3 aromatic rings. The topological polar surface area (TPSA) is 83.6 Å². The fourth-order valence-corrected chi connectivity index (χ4v) is 2.30. The number of hydrogen-bond donors (Lipinski definition) is 2. The molecule has 2 heterocycles. The quantitative estimate of drug-likeness (QED) is 0.719. The lowest BCUT2D eigenvalue weighted by atomic mass is 10.1. The van der Waals surface area contributed by atoms with Crippen LogP contribution in [0.25, 0.3) is 11.3 Å². The minimum Gasteiger partial charge on any atom is -0.340 e. The van der Waals surface area contributed by atoms with Crippen LogP contribution in [-0.2, 0) is 6.42 Å². The van der Waals surface area contributed by atoms with Crippen molar-refractivity contribution in [3.8, 4) is 11.3 Å². The summed E-state index contributed by atoms with van der Waals surface area (Å²) < 4.78 is 0. The van der Waals surface area contributed by atoms with Crippen molar-refractivity contribution >= 4 is 23.1 Å². The van der Waals surface area contributed by atoms with Gasteiger partial charge in [-0.25, -0.2) is 15.1 Å². The van der Waals surface area contributed by atoms with Crippen LogP contribution in [0.3, 0.4) is 0 Å². The number of benzene rings is 1. The maximum Gasteiger partial charge on any atom is 0.264 e. The Balaban J connectivity index is 1.89. The molecule has 7 heteroatoms. The predicted molar refractivity (Wildman–Crippen MR) is 90.0 cm³/mol. The SMILES string of the molecule is CCc1nc(Cl)cc(Nc2cccc(-c3ccc(=O)[nH]n3)c2)n1. The number of rotatable bonds is 4. The summed E-state index contributed by atoms with van der Waals surface area (Å²) in [4.78, 5) is 19.6. The number of H-pyrrole nitrogens is 1. The molecule has 6 nitrogen and oxygen atoms in total. The van der Waals surface area contributed by atoms with Crippen LogP contribution in [0, 0.1) is 0 Å². The maximum absolute atomic E-state index is 11.1. The highest BCUT2D eigenvalue weighted by molar-refractivity contribution is 6.29. The zero-order chi connectivity index (χ0) is 16.2. The summed E-state index contributed by atoms with van der Waals surface area (Å²) in [7, 11) is 0. The molecule has 23 heavy (non-hydrogen) atoms. The maximum atomic E-state index is 11.1. The zero-order valence-electron chi connectivity index (χ0n) is 12.4. The molecule has 0 saturated carbocycles. The van der Waals surface area contributed by atoms with Gasteiger partial charge in [-0.1, -0.05) is 30.7 Å². The fraction of sp³-hybridized carbons (Fsp3) is 0.125. The van der Waals surface area contributed by atoms with Crippen molar-refractivity contribution in [2.24, 2.45) is 0 Å². The number of aromatic amines is 1. The Kier molecular flexibility index (Phi) is 4.34. The minimum atomic E-state index is -0.231. The molecule has 2 aromatic heterocycles. The molecule has 0 aliphatic carbocycles. The van der Waals surface area contributed by atoms with E-state index in [1.165, 1.54) is 6.07 Å². The van der Waals surface area contributed by atoms with Crippen LogP contribution in [-0.4, -0.2) is 20.2 Å². The number of halogens is 1. The highest BCUT2D eigenvalue weighted by Gasteiger charge is 2.05. The average molecular weight is 328 g/mol. The Morgan fingerprint density at radius 1 is 1.17 bits per heavy atom. The molecule has 0 aliphatic heterocycles. The standard InChI is InChI=1S/C16H14ClN5O/c1-2-14-19-13(17)9-15(20-14)18-11-5-3-4-10(8-11)12-6-7-16(23)22-21-12/h3-9H,2H2,1H3,(H,22,23)(H,18,19,20). The van der Waals surface area contributed by atoms with Gasteiger partial charge >= 0.3 is 0 Å². The van der Waals surface area contributed by atoms with Gasteiger partial charge in [0.1, 0.15) is 16.8 Å². The molecular weight excluding hydrogens is 314 g/mol. The molecule has 1 aromatic carbocycles. The third-order valence-corrected chi connectivity index (χ3v) is 3.36. The normalized spacial score (nSPS) is 10.5. The molecule has 0 spiro atoms. The van der Waals surface area contributed by atoms with E-state index >= 15 is 0 Å². The first-order chi connectivity index (χ1) is 11.1. The molecule has 2 N–H and O–H groups in total. The first-order valence-electron chi connectivity index (χ1n) is 7.10. The summed E-state index contributed by atoms with van der Waals surface area (Å²) in [5.41, 5.74) is 2.17. The zero-order valence-corrected chi connectivity index (χ0v) is 13.1. The van der Waals surface area contributed by atoms with E-state index in [0.29, 0.717) is 28.9 Å². The van der Waals surface area contributed by atoms with Gasteiger partial charge in [-0.05, 0) is 18.2 Å². The Bertz CT molecular complexity index is 873. The van der Waals surface area contributed by atoms with Gasteiger partial charge in [0, 0.05) is 29.8 Å². The Morgan fingerprint density at radius 2 is 2.04 bits per heavy atom. The van der Waals surface area contributed by atoms with Gasteiger partial charge in [0.15, 0.2) is 0 Å². The highest BCUT2D eigenvalue weighted by atomic mass is 35.5. The fourth-order valence-electron chi connectivity index (χ4n) is 2.10. The van der Waals surface area contributed by atoms with E-state index in [0.717, 1.165) is 11.3 Å². The summed E-state index contributed by atoms with van der Waals surface area (Å²) >= 11 is 6.00. The summed E-state index contributed by atoms with van der Waals surface area (Å²) in [6.07, 6.45) is 0.705. The second kappa shape index (κ2) is 6.58. The van der Waals surface area contributed by atoms with Gasteiger partial charge in [-0.3, -0.25) is 4.79 Å². The predicted octanol–water partition coefficient (Wildman–Crippen LogP) is 3.19. The van der Waals surface area contributed by atoms with E-state index < -0.39 is 0 Å². The molecule has 0 fully saturated rings. The van der Waals surface area contributed by atoms with E-state index in [2.05, 4.69) is 25.5 Å². The van der Waals surface area contributed by atoms with Crippen LogP contribution in [0.4, 0.5) is 11.5 Å². The molecule has 0 atom stereocenters. The minimum absolute atomic E-state index is 0.231. The summed E-state index contributed by atoms with van der Waals surface area (Å²) in [6.45, 7) is 1.97. The molecule has 0 aliphatic rings. The summed E-state index contributed by atoms with van der Waals surface area (Å²) in [5, 5.41) is 10.1. The van der Waals surface area contributed by atoms with Gasteiger partial charge in [-0.2, -0.15) is 5.10 Å². The van der Waals surface area contributed by atoms with Crippen LogP contribution < -0.4 is 10.9 Å². The van der Waals surface area contributed by atoms with Gasteiger partial charge in [0.05, 0.1) is 5.69 Å². The number of nitrogens with one attached hydrogen (secondary N) is 2. The van der Waals surface area contributed by atoms with E-state index in [-0.39, 0.29) is 5.56 Å². The Labute approximate surface area is 137 Å². The van der Waals surface area contributed by atoms with Crippen molar-refractivity contribution in [3.63, 3.8) is 0 Å². The van der Waals surface area contributed by atoms with Crippen LogP contribution in [0.1, 0.15) is 12.7 Å². The second-order valence-corrected chi connectivity index (χ2v) is 5.25. The molecule has 0 radical (unpaired) electrons. The third-order valence-electron chi connectivity index (χ3n) is 3.17.